The highest BCUT2D eigenvalue weighted by atomic mass is 35.5. The molecule has 0 amide bonds. The van der Waals surface area contributed by atoms with Gasteiger partial charge < -0.3 is 10.2 Å². The van der Waals surface area contributed by atoms with Gasteiger partial charge in [-0.2, -0.15) is 13.2 Å². The van der Waals surface area contributed by atoms with E-state index in [0.717, 1.165) is 38.1 Å². The van der Waals surface area contributed by atoms with Crippen LogP contribution in [-0.2, 0) is 6.18 Å². The summed E-state index contributed by atoms with van der Waals surface area (Å²) >= 11 is 6.06. The van der Waals surface area contributed by atoms with Crippen molar-refractivity contribution < 1.29 is 13.2 Å². The molecule has 0 bridgehead atoms. The van der Waals surface area contributed by atoms with E-state index >= 15 is 0 Å². The predicted molar refractivity (Wildman–Crippen MR) is 80.0 cm³/mol. The van der Waals surface area contributed by atoms with Crippen LogP contribution in [0.3, 0.4) is 0 Å². The van der Waals surface area contributed by atoms with Gasteiger partial charge in [-0.25, -0.2) is 0 Å². The molecule has 1 heterocycles. The summed E-state index contributed by atoms with van der Waals surface area (Å²) in [5, 5.41) is 3.63. The summed E-state index contributed by atoms with van der Waals surface area (Å²) < 4.78 is 38.0. The van der Waals surface area contributed by atoms with Crippen molar-refractivity contribution in [2.75, 3.05) is 18.0 Å². The molecule has 2 nitrogen and oxygen atoms in total. The molecule has 1 atom stereocenters. The van der Waals surface area contributed by atoms with E-state index in [2.05, 4.69) is 24.1 Å². The smallest absolute Gasteiger partial charge is 0.369 e. The Hall–Kier alpha value is -0.940. The van der Waals surface area contributed by atoms with Crippen molar-refractivity contribution >= 4 is 17.3 Å². The number of nitrogens with one attached hydrogen (secondary N) is 1. The van der Waals surface area contributed by atoms with Gasteiger partial charge in [0.25, 0.3) is 0 Å². The monoisotopic (exact) mass is 320 g/mol. The van der Waals surface area contributed by atoms with Gasteiger partial charge in [0.15, 0.2) is 0 Å². The van der Waals surface area contributed by atoms with Crippen LogP contribution in [0.25, 0.3) is 0 Å². The maximum Gasteiger partial charge on any atom is 0.416 e. The molecule has 0 aromatic heterocycles. The lowest BCUT2D eigenvalue weighted by atomic mass is 10.0. The number of nitrogens with zero attached hydrogens (tertiary/aromatic N) is 1. The van der Waals surface area contributed by atoms with Crippen LogP contribution in [0.1, 0.15) is 32.3 Å². The Balaban J connectivity index is 2.14. The fourth-order valence-corrected chi connectivity index (χ4v) is 3.04. The Morgan fingerprint density at radius 2 is 2.05 bits per heavy atom. The third-order valence-electron chi connectivity index (χ3n) is 3.61. The van der Waals surface area contributed by atoms with E-state index < -0.39 is 11.7 Å². The zero-order valence-corrected chi connectivity index (χ0v) is 12.9. The summed E-state index contributed by atoms with van der Waals surface area (Å²) in [6.07, 6.45) is -2.28. The number of hydrogen-bond donors (Lipinski definition) is 1. The molecule has 1 N–H and O–H groups in total. The van der Waals surface area contributed by atoms with E-state index in [9.17, 15) is 13.2 Å². The topological polar surface area (TPSA) is 15.3 Å². The van der Waals surface area contributed by atoms with E-state index in [1.54, 1.807) is 0 Å². The van der Waals surface area contributed by atoms with Crippen molar-refractivity contribution in [3.05, 3.63) is 28.8 Å². The molecule has 1 fully saturated rings. The van der Waals surface area contributed by atoms with Crippen molar-refractivity contribution in [3.8, 4) is 0 Å². The zero-order chi connectivity index (χ0) is 15.6. The molecule has 21 heavy (non-hydrogen) atoms. The van der Waals surface area contributed by atoms with Crippen LogP contribution in [0.4, 0.5) is 18.9 Å². The van der Waals surface area contributed by atoms with Crippen LogP contribution >= 0.6 is 11.6 Å². The lowest BCUT2D eigenvalue weighted by Crippen LogP contribution is -2.48. The van der Waals surface area contributed by atoms with E-state index in [4.69, 9.17) is 11.6 Å². The number of rotatable bonds is 3. The van der Waals surface area contributed by atoms with Crippen molar-refractivity contribution in [3.63, 3.8) is 0 Å². The molecular weight excluding hydrogens is 301 g/mol. The summed E-state index contributed by atoms with van der Waals surface area (Å²) in [5.74, 6) is 0. The molecule has 0 aliphatic carbocycles. The maximum atomic E-state index is 12.7. The van der Waals surface area contributed by atoms with Crippen LogP contribution in [0, 0.1) is 0 Å². The van der Waals surface area contributed by atoms with E-state index in [1.807, 2.05) is 0 Å². The Morgan fingerprint density at radius 1 is 1.33 bits per heavy atom. The van der Waals surface area contributed by atoms with Gasteiger partial charge in [-0.1, -0.05) is 25.4 Å². The second-order valence-corrected chi connectivity index (χ2v) is 6.18. The fraction of sp³-hybridized carbons (Fsp3) is 0.600. The van der Waals surface area contributed by atoms with Gasteiger partial charge in [-0.3, -0.25) is 0 Å². The molecule has 118 valence electrons. The highest BCUT2D eigenvalue weighted by molar-refractivity contribution is 6.33. The number of anilines is 1. The minimum Gasteiger partial charge on any atom is -0.369 e. The van der Waals surface area contributed by atoms with Gasteiger partial charge in [-0.05, 0) is 31.0 Å². The van der Waals surface area contributed by atoms with Gasteiger partial charge in [0.2, 0.25) is 0 Å². The minimum atomic E-state index is -4.36. The molecule has 0 saturated carbocycles. The van der Waals surface area contributed by atoms with Crippen LogP contribution in [0.5, 0.6) is 0 Å². The molecule has 1 aliphatic rings. The Bertz CT molecular complexity index is 488. The Morgan fingerprint density at radius 3 is 2.62 bits per heavy atom. The maximum absolute atomic E-state index is 12.7. The molecular formula is C15H20ClF3N2. The SMILES string of the molecule is CC(C)NC1CCCN(c2ccc(C(F)(F)F)cc2Cl)C1. The molecule has 1 saturated heterocycles. The summed E-state index contributed by atoms with van der Waals surface area (Å²) in [6, 6.07) is 4.31. The lowest BCUT2D eigenvalue weighted by molar-refractivity contribution is -0.137. The standard InChI is InChI=1S/C15H20ClF3N2/c1-10(2)20-12-4-3-7-21(9-12)14-6-5-11(8-13(14)16)15(17,18)19/h5-6,8,10,12,20H,3-4,7,9H2,1-2H3. The molecule has 2 rings (SSSR count). The van der Waals surface area contributed by atoms with E-state index in [0.29, 0.717) is 17.8 Å². The molecule has 1 aromatic rings. The number of alkyl halides is 3. The molecule has 6 heteroatoms. The number of hydrogen-bond acceptors (Lipinski definition) is 2. The Kier molecular flexibility index (Phi) is 5.04. The number of halogens is 4. The number of piperidine rings is 1. The zero-order valence-electron chi connectivity index (χ0n) is 12.2. The minimum absolute atomic E-state index is 0.162. The number of benzene rings is 1. The third kappa shape index (κ3) is 4.27. The van der Waals surface area contributed by atoms with Crippen molar-refractivity contribution in [2.45, 2.75) is 44.9 Å². The fourth-order valence-electron chi connectivity index (χ4n) is 2.74. The van der Waals surface area contributed by atoms with Crippen LogP contribution in [0.15, 0.2) is 18.2 Å². The highest BCUT2D eigenvalue weighted by Gasteiger charge is 2.31. The lowest BCUT2D eigenvalue weighted by Gasteiger charge is -2.36. The second kappa shape index (κ2) is 6.44. The first-order chi connectivity index (χ1) is 9.77. The first-order valence-electron chi connectivity index (χ1n) is 7.15. The largest absolute Gasteiger partial charge is 0.416 e. The first-order valence-corrected chi connectivity index (χ1v) is 7.53. The summed E-state index contributed by atoms with van der Waals surface area (Å²) in [7, 11) is 0. The molecule has 1 unspecified atom stereocenters. The summed E-state index contributed by atoms with van der Waals surface area (Å²) in [4.78, 5) is 2.06. The van der Waals surface area contributed by atoms with Crippen molar-refractivity contribution in [1.82, 2.24) is 5.32 Å². The first kappa shape index (κ1) is 16.4. The molecule has 0 radical (unpaired) electrons. The quantitative estimate of drug-likeness (QED) is 0.892. The van der Waals surface area contributed by atoms with Crippen LogP contribution in [-0.4, -0.2) is 25.2 Å². The third-order valence-corrected chi connectivity index (χ3v) is 3.91. The van der Waals surface area contributed by atoms with Gasteiger partial charge in [0.1, 0.15) is 0 Å². The summed E-state index contributed by atoms with van der Waals surface area (Å²) in [5.41, 5.74) is -0.0231. The summed E-state index contributed by atoms with van der Waals surface area (Å²) in [6.45, 7) is 5.76. The van der Waals surface area contributed by atoms with Gasteiger partial charge >= 0.3 is 6.18 Å². The van der Waals surface area contributed by atoms with E-state index in [-0.39, 0.29) is 5.02 Å². The molecule has 1 aliphatic heterocycles. The normalized spacial score (nSPS) is 20.1. The van der Waals surface area contributed by atoms with Crippen LogP contribution < -0.4 is 10.2 Å². The van der Waals surface area contributed by atoms with Crippen molar-refractivity contribution in [1.29, 1.82) is 0 Å². The van der Waals surface area contributed by atoms with Crippen LogP contribution in [0.2, 0.25) is 5.02 Å². The Labute approximate surface area is 128 Å². The average molecular weight is 321 g/mol. The molecule has 1 aromatic carbocycles. The van der Waals surface area contributed by atoms with Gasteiger partial charge in [-0.15, -0.1) is 0 Å². The predicted octanol–water partition coefficient (Wildman–Crippen LogP) is 4.33. The van der Waals surface area contributed by atoms with E-state index in [1.165, 1.54) is 6.07 Å². The van der Waals surface area contributed by atoms with Crippen molar-refractivity contribution in [2.24, 2.45) is 0 Å². The van der Waals surface area contributed by atoms with Gasteiger partial charge in [0, 0.05) is 25.2 Å². The molecule has 0 spiro atoms. The highest BCUT2D eigenvalue weighted by Crippen LogP contribution is 2.35. The second-order valence-electron chi connectivity index (χ2n) is 5.77. The average Bonchev–Trinajstić information content (AvgIpc) is 2.37. The van der Waals surface area contributed by atoms with Gasteiger partial charge in [0.05, 0.1) is 16.3 Å².